The fraction of sp³-hybridized carbons (Fsp3) is 0.250. The molecule has 1 saturated heterocycles. The summed E-state index contributed by atoms with van der Waals surface area (Å²) in [5, 5.41) is 12.0. The summed E-state index contributed by atoms with van der Waals surface area (Å²) in [7, 11) is 1.90. The number of ether oxygens (including phenoxy) is 1. The van der Waals surface area contributed by atoms with Gasteiger partial charge >= 0.3 is 0 Å². The molecule has 28 heavy (non-hydrogen) atoms. The summed E-state index contributed by atoms with van der Waals surface area (Å²) in [4.78, 5) is 7.09. The quantitative estimate of drug-likeness (QED) is 0.591. The second kappa shape index (κ2) is 6.97. The van der Waals surface area contributed by atoms with E-state index >= 15 is 0 Å². The third-order valence-corrected chi connectivity index (χ3v) is 4.90. The highest BCUT2D eigenvalue weighted by Crippen LogP contribution is 2.25. The Balaban J connectivity index is 1.39. The van der Waals surface area contributed by atoms with Gasteiger partial charge < -0.3 is 15.0 Å². The van der Waals surface area contributed by atoms with E-state index in [1.165, 1.54) is 5.69 Å². The first-order valence-corrected chi connectivity index (χ1v) is 9.29. The lowest BCUT2D eigenvalue weighted by Gasteiger charge is -2.28. The minimum atomic E-state index is 0.775. The molecule has 0 aliphatic carbocycles. The molecule has 0 amide bonds. The minimum absolute atomic E-state index is 0.775. The van der Waals surface area contributed by atoms with Gasteiger partial charge in [0.2, 0.25) is 0 Å². The van der Waals surface area contributed by atoms with Crippen LogP contribution in [-0.4, -0.2) is 50.7 Å². The molecule has 1 aliphatic heterocycles. The van der Waals surface area contributed by atoms with Crippen LogP contribution in [-0.2, 0) is 11.8 Å². The van der Waals surface area contributed by atoms with Crippen molar-refractivity contribution >= 4 is 22.8 Å². The summed E-state index contributed by atoms with van der Waals surface area (Å²) >= 11 is 0. The van der Waals surface area contributed by atoms with Crippen LogP contribution in [0.4, 0.5) is 17.2 Å². The van der Waals surface area contributed by atoms with E-state index in [4.69, 9.17) is 9.72 Å². The third kappa shape index (κ3) is 3.18. The number of aryl methyl sites for hydroxylation is 1. The number of nitrogens with one attached hydrogen (secondary N) is 1. The van der Waals surface area contributed by atoms with E-state index in [1.54, 1.807) is 9.20 Å². The summed E-state index contributed by atoms with van der Waals surface area (Å²) < 4.78 is 8.97. The molecule has 0 radical (unpaired) electrons. The second-order valence-electron chi connectivity index (χ2n) is 6.81. The predicted molar refractivity (Wildman–Crippen MR) is 108 cm³/mol. The van der Waals surface area contributed by atoms with Crippen molar-refractivity contribution in [2.75, 3.05) is 36.5 Å². The molecule has 4 aromatic rings. The average Bonchev–Trinajstić information content (AvgIpc) is 3.35. The number of aromatic nitrogens is 5. The van der Waals surface area contributed by atoms with Crippen LogP contribution in [0.2, 0.25) is 0 Å². The number of hydrogen-bond acceptors (Lipinski definition) is 6. The highest BCUT2D eigenvalue weighted by atomic mass is 16.5. The summed E-state index contributed by atoms with van der Waals surface area (Å²) in [6.45, 7) is 3.44. The largest absolute Gasteiger partial charge is 0.378 e. The molecule has 1 aromatic carbocycles. The number of fused-ring (bicyclic) bond motifs is 1. The Hall–Kier alpha value is -3.39. The first-order chi connectivity index (χ1) is 13.8. The molecule has 1 aliphatic rings. The molecule has 3 aromatic heterocycles. The molecule has 142 valence electrons. The van der Waals surface area contributed by atoms with Crippen molar-refractivity contribution in [3.05, 3.63) is 55.1 Å². The van der Waals surface area contributed by atoms with Crippen molar-refractivity contribution in [2.45, 2.75) is 0 Å². The van der Waals surface area contributed by atoms with Crippen molar-refractivity contribution in [2.24, 2.45) is 7.05 Å². The van der Waals surface area contributed by atoms with Gasteiger partial charge in [0.1, 0.15) is 5.82 Å². The van der Waals surface area contributed by atoms with Gasteiger partial charge in [-0.15, -0.1) is 0 Å². The van der Waals surface area contributed by atoms with E-state index in [9.17, 15) is 0 Å². The molecular weight excluding hydrogens is 354 g/mol. The minimum Gasteiger partial charge on any atom is -0.378 e. The molecule has 4 heterocycles. The van der Waals surface area contributed by atoms with E-state index in [2.05, 4.69) is 44.7 Å². The van der Waals surface area contributed by atoms with E-state index in [0.717, 1.165) is 54.6 Å². The van der Waals surface area contributed by atoms with Gasteiger partial charge in [0.25, 0.3) is 0 Å². The number of morpholine rings is 1. The Kier molecular flexibility index (Phi) is 4.17. The monoisotopic (exact) mass is 375 g/mol. The van der Waals surface area contributed by atoms with Crippen LogP contribution in [0.25, 0.3) is 16.8 Å². The van der Waals surface area contributed by atoms with Gasteiger partial charge in [-0.3, -0.25) is 4.68 Å². The molecule has 0 bridgehead atoms. The lowest BCUT2D eigenvalue weighted by molar-refractivity contribution is 0.122. The van der Waals surface area contributed by atoms with Crippen molar-refractivity contribution in [3.8, 4) is 11.1 Å². The molecule has 0 atom stereocenters. The van der Waals surface area contributed by atoms with Crippen LogP contribution in [0, 0.1) is 0 Å². The fourth-order valence-corrected chi connectivity index (χ4v) is 3.43. The molecule has 0 saturated carbocycles. The van der Waals surface area contributed by atoms with Crippen molar-refractivity contribution in [3.63, 3.8) is 0 Å². The Morgan fingerprint density at radius 1 is 1.00 bits per heavy atom. The second-order valence-corrected chi connectivity index (χ2v) is 6.81. The molecule has 8 heteroatoms. The van der Waals surface area contributed by atoms with Crippen LogP contribution >= 0.6 is 0 Å². The van der Waals surface area contributed by atoms with Gasteiger partial charge in [-0.2, -0.15) is 10.2 Å². The zero-order valence-electron chi connectivity index (χ0n) is 15.6. The highest BCUT2D eigenvalue weighted by Gasteiger charge is 2.12. The number of rotatable bonds is 4. The summed E-state index contributed by atoms with van der Waals surface area (Å²) in [6, 6.07) is 10.3. The first kappa shape index (κ1) is 16.8. The molecular formula is C20H21N7O. The van der Waals surface area contributed by atoms with Gasteiger partial charge in [-0.05, 0) is 30.3 Å². The van der Waals surface area contributed by atoms with Gasteiger partial charge in [0, 0.05) is 55.0 Å². The molecule has 0 spiro atoms. The Morgan fingerprint density at radius 3 is 2.57 bits per heavy atom. The molecule has 0 unspecified atom stereocenters. The van der Waals surface area contributed by atoms with Crippen LogP contribution in [0.15, 0.2) is 55.1 Å². The smallest absolute Gasteiger partial charge is 0.165 e. The van der Waals surface area contributed by atoms with Gasteiger partial charge in [0.15, 0.2) is 5.65 Å². The van der Waals surface area contributed by atoms with Crippen molar-refractivity contribution < 1.29 is 4.74 Å². The average molecular weight is 375 g/mol. The molecule has 1 fully saturated rings. The van der Waals surface area contributed by atoms with E-state index in [1.807, 2.05) is 37.9 Å². The van der Waals surface area contributed by atoms with Crippen LogP contribution in [0.3, 0.4) is 0 Å². The van der Waals surface area contributed by atoms with Gasteiger partial charge in [-0.25, -0.2) is 9.50 Å². The lowest BCUT2D eigenvalue weighted by atomic mass is 10.2. The van der Waals surface area contributed by atoms with Crippen molar-refractivity contribution in [1.29, 1.82) is 0 Å². The maximum absolute atomic E-state index is 5.42. The fourth-order valence-electron chi connectivity index (χ4n) is 3.43. The van der Waals surface area contributed by atoms with Crippen LogP contribution < -0.4 is 10.2 Å². The summed E-state index contributed by atoms with van der Waals surface area (Å²) in [6.07, 6.45) is 7.51. The van der Waals surface area contributed by atoms with Gasteiger partial charge in [-0.1, -0.05) is 0 Å². The Morgan fingerprint density at radius 2 is 1.82 bits per heavy atom. The van der Waals surface area contributed by atoms with E-state index < -0.39 is 0 Å². The van der Waals surface area contributed by atoms with E-state index in [0.29, 0.717) is 0 Å². The Bertz CT molecular complexity index is 1090. The summed E-state index contributed by atoms with van der Waals surface area (Å²) in [5.74, 6) is 0.775. The normalized spacial score (nSPS) is 14.5. The number of nitrogens with zero attached hydrogens (tertiary/aromatic N) is 6. The SMILES string of the molecule is Cn1cc(-c2cnn3ccc(Nc4ccc(N5CCOCC5)cc4)nc23)cn1. The van der Waals surface area contributed by atoms with Gasteiger partial charge in [0.05, 0.1) is 25.6 Å². The summed E-state index contributed by atoms with van der Waals surface area (Å²) in [5.41, 5.74) is 4.96. The molecule has 5 rings (SSSR count). The lowest BCUT2D eigenvalue weighted by Crippen LogP contribution is -2.36. The predicted octanol–water partition coefficient (Wildman–Crippen LogP) is 2.71. The van der Waals surface area contributed by atoms with Crippen LogP contribution in [0.5, 0.6) is 0 Å². The molecule has 1 N–H and O–H groups in total. The maximum atomic E-state index is 5.42. The van der Waals surface area contributed by atoms with Crippen LogP contribution in [0.1, 0.15) is 0 Å². The third-order valence-electron chi connectivity index (χ3n) is 4.90. The number of anilines is 3. The molecule has 8 nitrogen and oxygen atoms in total. The maximum Gasteiger partial charge on any atom is 0.165 e. The highest BCUT2D eigenvalue weighted by molar-refractivity contribution is 5.77. The zero-order chi connectivity index (χ0) is 18.9. The van der Waals surface area contributed by atoms with Crippen molar-refractivity contribution in [1.82, 2.24) is 24.4 Å². The number of benzene rings is 1. The van der Waals surface area contributed by atoms with E-state index in [-0.39, 0.29) is 0 Å². The zero-order valence-corrected chi connectivity index (χ0v) is 15.6. The Labute approximate surface area is 162 Å². The first-order valence-electron chi connectivity index (χ1n) is 9.29. The number of hydrogen-bond donors (Lipinski definition) is 1. The standard InChI is InChI=1S/C20H21N7O/c1-25-14-15(12-21-25)18-13-22-27-7-6-19(24-20(18)27)23-16-2-4-17(5-3-16)26-8-10-28-11-9-26/h2-7,12-14H,8-11H2,1H3,(H,23,24). The topological polar surface area (TPSA) is 72.5 Å².